The highest BCUT2D eigenvalue weighted by Gasteiger charge is 2.29. The van der Waals surface area contributed by atoms with Crippen molar-refractivity contribution in [2.45, 2.75) is 32.7 Å². The standard InChI is InChI=1S/C16H21N5O/c1-10-4-3-5-13(8-10)21-11(2)15(19-20-21)16(22)18-9-14(17)12-6-7-12/h3-5,8,12,14H,6-7,9,17H2,1-2H3,(H,18,22). The van der Waals surface area contributed by atoms with Gasteiger partial charge in [0.2, 0.25) is 0 Å². The van der Waals surface area contributed by atoms with Crippen LogP contribution in [0.15, 0.2) is 24.3 Å². The number of nitrogens with zero attached hydrogens (tertiary/aromatic N) is 3. The molecule has 3 N–H and O–H groups in total. The van der Waals surface area contributed by atoms with Crippen LogP contribution in [-0.2, 0) is 0 Å². The van der Waals surface area contributed by atoms with E-state index in [0.717, 1.165) is 16.9 Å². The lowest BCUT2D eigenvalue weighted by Gasteiger charge is -2.10. The van der Waals surface area contributed by atoms with E-state index in [2.05, 4.69) is 15.6 Å². The third-order valence-corrected chi connectivity index (χ3v) is 4.08. The molecule has 1 aliphatic carbocycles. The largest absolute Gasteiger partial charge is 0.349 e. The molecule has 2 aromatic rings. The van der Waals surface area contributed by atoms with Crippen molar-refractivity contribution in [3.63, 3.8) is 0 Å². The molecule has 1 aliphatic rings. The number of carbonyl (C=O) groups excluding carboxylic acids is 1. The van der Waals surface area contributed by atoms with Crippen LogP contribution in [0.4, 0.5) is 0 Å². The third kappa shape index (κ3) is 3.01. The van der Waals surface area contributed by atoms with Gasteiger partial charge in [0.25, 0.3) is 5.91 Å². The van der Waals surface area contributed by atoms with E-state index in [4.69, 9.17) is 5.73 Å². The maximum atomic E-state index is 12.2. The fourth-order valence-corrected chi connectivity index (χ4v) is 2.53. The Morgan fingerprint density at radius 2 is 2.23 bits per heavy atom. The summed E-state index contributed by atoms with van der Waals surface area (Å²) >= 11 is 0. The quantitative estimate of drug-likeness (QED) is 0.872. The Kier molecular flexibility index (Phi) is 3.94. The first kappa shape index (κ1) is 14.7. The summed E-state index contributed by atoms with van der Waals surface area (Å²) in [7, 11) is 0. The van der Waals surface area contributed by atoms with Gasteiger partial charge in [0, 0.05) is 12.6 Å². The molecule has 1 aromatic carbocycles. The van der Waals surface area contributed by atoms with Crippen molar-refractivity contribution >= 4 is 5.91 Å². The van der Waals surface area contributed by atoms with E-state index in [9.17, 15) is 4.79 Å². The van der Waals surface area contributed by atoms with E-state index in [-0.39, 0.29) is 11.9 Å². The molecule has 1 saturated carbocycles. The van der Waals surface area contributed by atoms with E-state index in [1.807, 2.05) is 38.1 Å². The van der Waals surface area contributed by atoms with Gasteiger partial charge in [0.1, 0.15) is 0 Å². The van der Waals surface area contributed by atoms with Crippen molar-refractivity contribution in [3.8, 4) is 5.69 Å². The lowest BCUT2D eigenvalue weighted by atomic mass is 10.2. The third-order valence-electron chi connectivity index (χ3n) is 4.08. The SMILES string of the molecule is Cc1cccc(-n2nnc(C(=O)NCC(N)C3CC3)c2C)c1. The first-order chi connectivity index (χ1) is 10.6. The van der Waals surface area contributed by atoms with Crippen molar-refractivity contribution in [1.82, 2.24) is 20.3 Å². The van der Waals surface area contributed by atoms with Crippen molar-refractivity contribution in [3.05, 3.63) is 41.2 Å². The van der Waals surface area contributed by atoms with Gasteiger partial charge in [0.05, 0.1) is 11.4 Å². The van der Waals surface area contributed by atoms with Gasteiger partial charge in [-0.2, -0.15) is 0 Å². The molecule has 3 rings (SSSR count). The summed E-state index contributed by atoms with van der Waals surface area (Å²) in [6.07, 6.45) is 2.33. The van der Waals surface area contributed by atoms with Crippen LogP contribution in [0.25, 0.3) is 5.69 Å². The highest BCUT2D eigenvalue weighted by atomic mass is 16.2. The summed E-state index contributed by atoms with van der Waals surface area (Å²) in [5, 5.41) is 11.0. The van der Waals surface area contributed by atoms with Crippen LogP contribution in [0.3, 0.4) is 0 Å². The lowest BCUT2D eigenvalue weighted by molar-refractivity contribution is 0.0944. The minimum Gasteiger partial charge on any atom is -0.349 e. The first-order valence-corrected chi connectivity index (χ1v) is 7.59. The zero-order chi connectivity index (χ0) is 15.7. The predicted molar refractivity (Wildman–Crippen MR) is 83.9 cm³/mol. The van der Waals surface area contributed by atoms with Crippen LogP contribution in [0.1, 0.15) is 34.6 Å². The maximum absolute atomic E-state index is 12.2. The van der Waals surface area contributed by atoms with Gasteiger partial charge in [0.15, 0.2) is 5.69 Å². The van der Waals surface area contributed by atoms with Crippen LogP contribution in [0.5, 0.6) is 0 Å². The van der Waals surface area contributed by atoms with Gasteiger partial charge in [-0.15, -0.1) is 5.10 Å². The number of benzene rings is 1. The Morgan fingerprint density at radius 1 is 1.45 bits per heavy atom. The topological polar surface area (TPSA) is 85.8 Å². The summed E-state index contributed by atoms with van der Waals surface area (Å²) in [6.45, 7) is 4.35. The molecule has 1 atom stereocenters. The number of amides is 1. The predicted octanol–water partition coefficient (Wildman–Crippen LogP) is 1.35. The molecule has 0 radical (unpaired) electrons. The van der Waals surface area contributed by atoms with Crippen LogP contribution in [0, 0.1) is 19.8 Å². The Hall–Kier alpha value is -2.21. The minimum atomic E-state index is -0.215. The van der Waals surface area contributed by atoms with E-state index in [1.54, 1.807) is 4.68 Å². The molecule has 116 valence electrons. The number of hydrogen-bond donors (Lipinski definition) is 2. The molecule has 1 amide bonds. The fraction of sp³-hybridized carbons (Fsp3) is 0.438. The zero-order valence-electron chi connectivity index (χ0n) is 12.9. The fourth-order valence-electron chi connectivity index (χ4n) is 2.53. The number of hydrogen-bond acceptors (Lipinski definition) is 4. The van der Waals surface area contributed by atoms with E-state index in [0.29, 0.717) is 18.2 Å². The number of rotatable bonds is 5. The molecule has 0 bridgehead atoms. The summed E-state index contributed by atoms with van der Waals surface area (Å²) < 4.78 is 1.68. The summed E-state index contributed by atoms with van der Waals surface area (Å²) in [4.78, 5) is 12.2. The average molecular weight is 299 g/mol. The lowest BCUT2D eigenvalue weighted by Crippen LogP contribution is -2.38. The second kappa shape index (κ2) is 5.88. The van der Waals surface area contributed by atoms with Crippen LogP contribution >= 0.6 is 0 Å². The first-order valence-electron chi connectivity index (χ1n) is 7.59. The van der Waals surface area contributed by atoms with Gasteiger partial charge in [-0.05, 0) is 50.3 Å². The summed E-state index contributed by atoms with van der Waals surface area (Å²) in [5.41, 5.74) is 9.11. The molecule has 0 spiro atoms. The average Bonchev–Trinajstić information content (AvgIpc) is 3.27. The molecule has 6 nitrogen and oxygen atoms in total. The normalized spacial score (nSPS) is 15.6. The summed E-state index contributed by atoms with van der Waals surface area (Å²) in [5.74, 6) is 0.344. The molecule has 6 heteroatoms. The molecule has 1 aromatic heterocycles. The maximum Gasteiger partial charge on any atom is 0.273 e. The Bertz CT molecular complexity index is 690. The Labute approximate surface area is 129 Å². The molecule has 1 heterocycles. The van der Waals surface area contributed by atoms with Crippen molar-refractivity contribution in [1.29, 1.82) is 0 Å². The van der Waals surface area contributed by atoms with Crippen LogP contribution in [0.2, 0.25) is 0 Å². The molecule has 1 fully saturated rings. The molecule has 0 saturated heterocycles. The van der Waals surface area contributed by atoms with Crippen LogP contribution in [-0.4, -0.2) is 33.5 Å². The highest BCUT2D eigenvalue weighted by molar-refractivity contribution is 5.93. The van der Waals surface area contributed by atoms with E-state index < -0.39 is 0 Å². The second-order valence-electron chi connectivity index (χ2n) is 5.99. The van der Waals surface area contributed by atoms with Gasteiger partial charge >= 0.3 is 0 Å². The van der Waals surface area contributed by atoms with Crippen molar-refractivity contribution in [2.75, 3.05) is 6.54 Å². The smallest absolute Gasteiger partial charge is 0.273 e. The molecular formula is C16H21N5O. The minimum absolute atomic E-state index is 0.0380. The Morgan fingerprint density at radius 3 is 2.91 bits per heavy atom. The van der Waals surface area contributed by atoms with Gasteiger partial charge in [-0.3, -0.25) is 4.79 Å². The number of aromatic nitrogens is 3. The van der Waals surface area contributed by atoms with Gasteiger partial charge in [-0.1, -0.05) is 17.3 Å². The van der Waals surface area contributed by atoms with E-state index in [1.165, 1.54) is 12.8 Å². The molecule has 0 aliphatic heterocycles. The van der Waals surface area contributed by atoms with Gasteiger partial charge in [-0.25, -0.2) is 4.68 Å². The highest BCUT2D eigenvalue weighted by Crippen LogP contribution is 2.31. The van der Waals surface area contributed by atoms with Crippen molar-refractivity contribution < 1.29 is 4.79 Å². The molecular weight excluding hydrogens is 278 g/mol. The molecule has 1 unspecified atom stereocenters. The Balaban J connectivity index is 1.73. The second-order valence-corrected chi connectivity index (χ2v) is 5.99. The number of carbonyl (C=O) groups is 1. The molecule has 22 heavy (non-hydrogen) atoms. The number of nitrogens with two attached hydrogens (primary N) is 1. The van der Waals surface area contributed by atoms with Crippen LogP contribution < -0.4 is 11.1 Å². The summed E-state index contributed by atoms with van der Waals surface area (Å²) in [6, 6.07) is 7.96. The number of nitrogens with one attached hydrogen (secondary N) is 1. The zero-order valence-corrected chi connectivity index (χ0v) is 12.9. The van der Waals surface area contributed by atoms with E-state index >= 15 is 0 Å². The van der Waals surface area contributed by atoms with Crippen molar-refractivity contribution in [2.24, 2.45) is 11.7 Å². The van der Waals surface area contributed by atoms with Gasteiger partial charge < -0.3 is 11.1 Å². The monoisotopic (exact) mass is 299 g/mol. The number of aryl methyl sites for hydroxylation is 1.